The number of amides is 1. The van der Waals surface area contributed by atoms with E-state index in [1.807, 2.05) is 78.9 Å². The minimum absolute atomic E-state index is 0.117. The summed E-state index contributed by atoms with van der Waals surface area (Å²) in [6.45, 7) is 1.02. The van der Waals surface area contributed by atoms with Crippen LogP contribution < -0.4 is 10.1 Å². The van der Waals surface area contributed by atoms with Crippen molar-refractivity contribution in [2.45, 2.75) is 43.0 Å². The molecule has 6 rings (SSSR count). The third kappa shape index (κ3) is 2.90. The van der Waals surface area contributed by atoms with E-state index in [9.17, 15) is 14.9 Å². The largest absolute Gasteiger partial charge is 0.489 e. The molecule has 3 heterocycles. The lowest BCUT2D eigenvalue weighted by molar-refractivity contribution is -0.534. The molecule has 0 unspecified atom stereocenters. The molecule has 0 bridgehead atoms. The van der Waals surface area contributed by atoms with E-state index in [0.29, 0.717) is 30.2 Å². The van der Waals surface area contributed by atoms with Crippen molar-refractivity contribution in [1.29, 1.82) is 0 Å². The summed E-state index contributed by atoms with van der Waals surface area (Å²) >= 11 is 0. The highest BCUT2D eigenvalue weighted by Crippen LogP contribution is 2.58. The lowest BCUT2D eigenvalue weighted by Crippen LogP contribution is -2.55. The van der Waals surface area contributed by atoms with Gasteiger partial charge < -0.3 is 10.1 Å². The van der Waals surface area contributed by atoms with Crippen LogP contribution in [-0.4, -0.2) is 34.4 Å². The molecule has 0 aliphatic carbocycles. The number of nitrogens with zero attached hydrogens (tertiary/aromatic N) is 2. The molecule has 0 radical (unpaired) electrons. The second-order valence-corrected chi connectivity index (χ2v) is 9.24. The second kappa shape index (κ2) is 7.95. The van der Waals surface area contributed by atoms with E-state index in [1.165, 1.54) is 0 Å². The summed E-state index contributed by atoms with van der Waals surface area (Å²) in [4.78, 5) is 28.2. The first-order valence-corrected chi connectivity index (χ1v) is 11.7. The summed E-state index contributed by atoms with van der Waals surface area (Å²) in [6, 6.07) is 23.6. The minimum atomic E-state index is -1.32. The van der Waals surface area contributed by atoms with Crippen LogP contribution in [0, 0.1) is 10.1 Å². The monoisotopic (exact) mass is 455 g/mol. The zero-order valence-electron chi connectivity index (χ0n) is 18.6. The molecule has 1 amide bonds. The number of benzene rings is 3. The smallest absolute Gasteiger partial charge is 0.256 e. The Morgan fingerprint density at radius 1 is 1.03 bits per heavy atom. The quantitative estimate of drug-likeness (QED) is 0.458. The Bertz CT molecular complexity index is 1260. The van der Waals surface area contributed by atoms with Crippen molar-refractivity contribution in [2.75, 3.05) is 11.9 Å². The van der Waals surface area contributed by atoms with Crippen molar-refractivity contribution in [1.82, 2.24) is 4.90 Å². The summed E-state index contributed by atoms with van der Waals surface area (Å²) < 4.78 is 6.22. The van der Waals surface area contributed by atoms with Gasteiger partial charge in [-0.25, -0.2) is 0 Å². The third-order valence-corrected chi connectivity index (χ3v) is 7.61. The van der Waals surface area contributed by atoms with Crippen LogP contribution in [0.1, 0.15) is 35.4 Å². The van der Waals surface area contributed by atoms with Crippen LogP contribution in [0.15, 0.2) is 78.9 Å². The first kappa shape index (κ1) is 20.9. The summed E-state index contributed by atoms with van der Waals surface area (Å²) in [5, 5.41) is 15.7. The molecule has 4 atom stereocenters. The van der Waals surface area contributed by atoms with Gasteiger partial charge in [0.2, 0.25) is 0 Å². The maximum absolute atomic E-state index is 13.6. The zero-order valence-corrected chi connectivity index (χ0v) is 18.6. The highest BCUT2D eigenvalue weighted by molar-refractivity contribution is 6.07. The third-order valence-electron chi connectivity index (χ3n) is 7.61. The zero-order chi connectivity index (χ0) is 23.3. The lowest BCUT2D eigenvalue weighted by atomic mass is 9.77. The Morgan fingerprint density at radius 3 is 2.59 bits per heavy atom. The molecule has 0 saturated carbocycles. The van der Waals surface area contributed by atoms with Crippen molar-refractivity contribution in [3.8, 4) is 5.75 Å². The normalized spacial score (nSPS) is 27.4. The van der Waals surface area contributed by atoms with Gasteiger partial charge in [-0.15, -0.1) is 0 Å². The van der Waals surface area contributed by atoms with Crippen LogP contribution in [0.2, 0.25) is 0 Å². The molecule has 0 aromatic heterocycles. The molecule has 3 aromatic rings. The van der Waals surface area contributed by atoms with Gasteiger partial charge in [0.05, 0.1) is 5.92 Å². The summed E-state index contributed by atoms with van der Waals surface area (Å²) in [5.41, 5.74) is 1.88. The van der Waals surface area contributed by atoms with E-state index in [4.69, 9.17) is 4.74 Å². The fraction of sp³-hybridized carbons (Fsp3) is 0.296. The summed E-state index contributed by atoms with van der Waals surface area (Å²) in [6.07, 6.45) is 1.70. The van der Waals surface area contributed by atoms with Crippen molar-refractivity contribution in [2.24, 2.45) is 0 Å². The maximum atomic E-state index is 13.6. The van der Waals surface area contributed by atoms with Crippen molar-refractivity contribution < 1.29 is 14.5 Å². The van der Waals surface area contributed by atoms with Crippen molar-refractivity contribution >= 4 is 11.6 Å². The van der Waals surface area contributed by atoms with Gasteiger partial charge in [-0.3, -0.25) is 19.8 Å². The number of nitro groups is 1. The number of carbonyl (C=O) groups excluding carboxylic acids is 1. The molecule has 3 aromatic carbocycles. The standard InChI is InChI=1S/C27H25N3O4/c31-26-27(20-12-5-6-13-21(20)28-26)25(30(32)33)24(22-14-8-16-29(22)27)19-11-4-7-15-23(19)34-17-18-9-2-1-3-10-18/h1-7,9-13,15,22,24-25H,8,14,16-17H2,(H,28,31)/t22-,24+,25-,27+/m1/s1. The van der Waals surface area contributed by atoms with Crippen molar-refractivity contribution in [3.63, 3.8) is 0 Å². The highest BCUT2D eigenvalue weighted by atomic mass is 16.6. The van der Waals surface area contributed by atoms with E-state index in [1.54, 1.807) is 0 Å². The molecule has 2 saturated heterocycles. The molecule has 1 spiro atoms. The fourth-order valence-electron chi connectivity index (χ4n) is 6.37. The minimum Gasteiger partial charge on any atom is -0.489 e. The molecular formula is C27H25N3O4. The SMILES string of the molecule is O=C1Nc2ccccc2[C@]12[C@H]([N+](=O)[O-])[C@@H](c1ccccc1OCc1ccccc1)[C@H]1CCCN12. The number of rotatable bonds is 5. The fourth-order valence-corrected chi connectivity index (χ4v) is 6.37. The van der Waals surface area contributed by atoms with Crippen LogP contribution in [0.3, 0.4) is 0 Å². The van der Waals surface area contributed by atoms with Crippen LogP contribution in [0.4, 0.5) is 5.69 Å². The molecule has 7 nitrogen and oxygen atoms in total. The molecule has 3 aliphatic rings. The Balaban J connectivity index is 1.47. The van der Waals surface area contributed by atoms with Gasteiger partial charge in [-0.1, -0.05) is 66.7 Å². The number of para-hydroxylation sites is 2. The number of carbonyl (C=O) groups is 1. The maximum Gasteiger partial charge on any atom is 0.256 e. The first-order valence-electron chi connectivity index (χ1n) is 11.7. The molecule has 1 N–H and O–H groups in total. The second-order valence-electron chi connectivity index (χ2n) is 9.24. The van der Waals surface area contributed by atoms with Crippen LogP contribution in [-0.2, 0) is 16.9 Å². The summed E-state index contributed by atoms with van der Waals surface area (Å²) in [5.74, 6) is -0.132. The topological polar surface area (TPSA) is 84.7 Å². The molecule has 3 aliphatic heterocycles. The first-order chi connectivity index (χ1) is 16.6. The number of ether oxygens (including phenoxy) is 1. The summed E-state index contributed by atoms with van der Waals surface area (Å²) in [7, 11) is 0. The van der Waals surface area contributed by atoms with Gasteiger partial charge in [0.1, 0.15) is 12.4 Å². The van der Waals surface area contributed by atoms with Gasteiger partial charge in [0.15, 0.2) is 5.54 Å². The Labute approximate surface area is 197 Å². The molecule has 34 heavy (non-hydrogen) atoms. The Hall–Kier alpha value is -3.71. The number of nitrogens with one attached hydrogen (secondary N) is 1. The van der Waals surface area contributed by atoms with Crippen molar-refractivity contribution in [3.05, 3.63) is 106 Å². The number of fused-ring (bicyclic) bond motifs is 4. The van der Waals surface area contributed by atoms with Gasteiger partial charge in [0, 0.05) is 34.3 Å². The van der Waals surface area contributed by atoms with Crippen LogP contribution in [0.5, 0.6) is 5.75 Å². The average molecular weight is 456 g/mol. The number of hydrogen-bond donors (Lipinski definition) is 1. The van der Waals surface area contributed by atoms with Crippen LogP contribution in [0.25, 0.3) is 0 Å². The van der Waals surface area contributed by atoms with Gasteiger partial charge in [0.25, 0.3) is 11.9 Å². The van der Waals surface area contributed by atoms with E-state index in [2.05, 4.69) is 10.2 Å². The predicted octanol–water partition coefficient (Wildman–Crippen LogP) is 4.32. The Kier molecular flexibility index (Phi) is 4.88. The number of hydrogen-bond acceptors (Lipinski definition) is 5. The molecule has 172 valence electrons. The van der Waals surface area contributed by atoms with Gasteiger partial charge >= 0.3 is 0 Å². The molecule has 2 fully saturated rings. The number of anilines is 1. The molecule has 7 heteroatoms. The predicted molar refractivity (Wildman–Crippen MR) is 127 cm³/mol. The average Bonchev–Trinajstić information content (AvgIpc) is 3.52. The van der Waals surface area contributed by atoms with E-state index < -0.39 is 17.5 Å². The van der Waals surface area contributed by atoms with Gasteiger partial charge in [-0.05, 0) is 30.5 Å². The van der Waals surface area contributed by atoms with E-state index in [0.717, 1.165) is 24.0 Å². The van der Waals surface area contributed by atoms with E-state index in [-0.39, 0.29) is 16.9 Å². The lowest BCUT2D eigenvalue weighted by Gasteiger charge is -2.32. The van der Waals surface area contributed by atoms with Crippen LogP contribution >= 0.6 is 0 Å². The van der Waals surface area contributed by atoms with Gasteiger partial charge in [-0.2, -0.15) is 0 Å². The Morgan fingerprint density at radius 2 is 1.76 bits per heavy atom. The van der Waals surface area contributed by atoms with E-state index >= 15 is 0 Å². The molecular weight excluding hydrogens is 430 g/mol. The highest BCUT2D eigenvalue weighted by Gasteiger charge is 2.73.